The second-order valence-electron chi connectivity index (χ2n) is 4.67. The van der Waals surface area contributed by atoms with Crippen LogP contribution < -0.4 is 0 Å². The predicted molar refractivity (Wildman–Crippen MR) is 62.9 cm³/mol. The largest absolute Gasteiger partial charge is 0.508 e. The van der Waals surface area contributed by atoms with Crippen molar-refractivity contribution in [1.29, 1.82) is 0 Å². The zero-order valence-electron chi connectivity index (χ0n) is 10.3. The SMILES string of the molecule is CC1=C(O)C(CC(O)CO)=CC(C(=O)O)C1(C)O. The molecule has 6 nitrogen and oxygen atoms in total. The number of carbonyl (C=O) groups is 1. The third kappa shape index (κ3) is 2.55. The first-order valence-electron chi connectivity index (χ1n) is 5.57. The standard InChI is InChI=1S/C12H18O6/c1-6-10(15)7(3-8(14)5-13)4-9(11(16)17)12(6,2)18/h4,8-9,13-15,18H,3,5H2,1-2H3,(H,16,17). The fraction of sp³-hybridized carbons (Fsp3) is 0.583. The minimum atomic E-state index is -1.68. The maximum atomic E-state index is 11.1. The Morgan fingerprint density at radius 2 is 2.11 bits per heavy atom. The predicted octanol–water partition coefficient (Wildman–Crippen LogP) is -0.0465. The van der Waals surface area contributed by atoms with Gasteiger partial charge in [0.05, 0.1) is 12.7 Å². The topological polar surface area (TPSA) is 118 Å². The summed E-state index contributed by atoms with van der Waals surface area (Å²) < 4.78 is 0. The Balaban J connectivity index is 3.15. The lowest BCUT2D eigenvalue weighted by Crippen LogP contribution is -2.42. The molecule has 5 N–H and O–H groups in total. The lowest BCUT2D eigenvalue weighted by atomic mass is 9.76. The van der Waals surface area contributed by atoms with Crippen molar-refractivity contribution in [2.24, 2.45) is 5.92 Å². The molecule has 0 heterocycles. The Hall–Kier alpha value is -1.37. The summed E-state index contributed by atoms with van der Waals surface area (Å²) in [5.74, 6) is -2.65. The third-order valence-electron chi connectivity index (χ3n) is 3.32. The number of aliphatic hydroxyl groups is 4. The average molecular weight is 258 g/mol. The minimum Gasteiger partial charge on any atom is -0.508 e. The molecule has 0 bridgehead atoms. The van der Waals surface area contributed by atoms with Crippen LogP contribution in [0.4, 0.5) is 0 Å². The van der Waals surface area contributed by atoms with Crippen molar-refractivity contribution in [3.05, 3.63) is 23.0 Å². The highest BCUT2D eigenvalue weighted by atomic mass is 16.4. The van der Waals surface area contributed by atoms with E-state index in [1.807, 2.05) is 0 Å². The van der Waals surface area contributed by atoms with Gasteiger partial charge >= 0.3 is 5.97 Å². The number of hydrogen-bond acceptors (Lipinski definition) is 5. The minimum absolute atomic E-state index is 0.0699. The van der Waals surface area contributed by atoms with E-state index in [4.69, 9.17) is 10.2 Å². The first kappa shape index (κ1) is 14.7. The molecule has 102 valence electrons. The maximum absolute atomic E-state index is 11.1. The fourth-order valence-corrected chi connectivity index (χ4v) is 1.95. The van der Waals surface area contributed by atoms with Crippen molar-refractivity contribution in [3.8, 4) is 0 Å². The number of aliphatic carboxylic acids is 1. The summed E-state index contributed by atoms with van der Waals surface area (Å²) in [6, 6.07) is 0. The molecule has 0 saturated carbocycles. The van der Waals surface area contributed by atoms with Crippen LogP contribution in [0.15, 0.2) is 23.0 Å². The van der Waals surface area contributed by atoms with Crippen LogP contribution in [0.2, 0.25) is 0 Å². The smallest absolute Gasteiger partial charge is 0.313 e. The van der Waals surface area contributed by atoms with Gasteiger partial charge in [-0.2, -0.15) is 0 Å². The van der Waals surface area contributed by atoms with Gasteiger partial charge in [-0.1, -0.05) is 6.08 Å². The van der Waals surface area contributed by atoms with Crippen molar-refractivity contribution in [2.45, 2.75) is 32.0 Å². The van der Waals surface area contributed by atoms with E-state index in [0.29, 0.717) is 0 Å². The molecule has 1 aliphatic carbocycles. The normalized spacial score (nSPS) is 30.1. The summed E-state index contributed by atoms with van der Waals surface area (Å²) in [6.07, 6.45) is 0.0620. The number of carboxylic acids is 1. The van der Waals surface area contributed by atoms with Crippen LogP contribution in [0.25, 0.3) is 0 Å². The van der Waals surface area contributed by atoms with E-state index in [1.54, 1.807) is 0 Å². The van der Waals surface area contributed by atoms with Gasteiger partial charge in [-0.3, -0.25) is 4.79 Å². The number of carboxylic acid groups (broad SMARTS) is 1. The molecule has 1 aliphatic rings. The lowest BCUT2D eigenvalue weighted by molar-refractivity contribution is -0.146. The average Bonchev–Trinajstić information content (AvgIpc) is 2.29. The Kier molecular flexibility index (Phi) is 4.16. The van der Waals surface area contributed by atoms with Gasteiger partial charge in [0.25, 0.3) is 0 Å². The van der Waals surface area contributed by atoms with Crippen molar-refractivity contribution < 1.29 is 30.3 Å². The Labute approximate surface area is 105 Å². The van der Waals surface area contributed by atoms with Gasteiger partial charge in [-0.05, 0) is 19.4 Å². The van der Waals surface area contributed by atoms with E-state index >= 15 is 0 Å². The van der Waals surface area contributed by atoms with Crippen molar-refractivity contribution >= 4 is 5.97 Å². The molecule has 0 spiro atoms. The van der Waals surface area contributed by atoms with Gasteiger partial charge < -0.3 is 25.5 Å². The van der Waals surface area contributed by atoms with Gasteiger partial charge in [0.15, 0.2) is 0 Å². The molecular formula is C12H18O6. The van der Waals surface area contributed by atoms with Crippen LogP contribution in [0.3, 0.4) is 0 Å². The first-order valence-corrected chi connectivity index (χ1v) is 5.57. The summed E-state index contributed by atoms with van der Waals surface area (Å²) in [6.45, 7) is 2.26. The van der Waals surface area contributed by atoms with Crippen LogP contribution in [-0.2, 0) is 4.79 Å². The molecule has 0 radical (unpaired) electrons. The first-order chi connectivity index (χ1) is 8.21. The molecule has 6 heteroatoms. The third-order valence-corrected chi connectivity index (χ3v) is 3.32. The molecule has 0 saturated heterocycles. The van der Waals surface area contributed by atoms with Crippen molar-refractivity contribution in [1.82, 2.24) is 0 Å². The summed E-state index contributed by atoms with van der Waals surface area (Å²) in [5.41, 5.74) is -1.32. The van der Waals surface area contributed by atoms with Crippen LogP contribution in [0, 0.1) is 5.92 Å². The van der Waals surface area contributed by atoms with E-state index in [0.717, 1.165) is 0 Å². The Morgan fingerprint density at radius 1 is 1.56 bits per heavy atom. The number of hydrogen-bond donors (Lipinski definition) is 5. The molecule has 3 atom stereocenters. The van der Waals surface area contributed by atoms with Crippen molar-refractivity contribution in [3.63, 3.8) is 0 Å². The van der Waals surface area contributed by atoms with Crippen LogP contribution in [0.5, 0.6) is 0 Å². The molecule has 1 rings (SSSR count). The van der Waals surface area contributed by atoms with Crippen LogP contribution in [0.1, 0.15) is 20.3 Å². The van der Waals surface area contributed by atoms with E-state index < -0.39 is 30.2 Å². The Morgan fingerprint density at radius 3 is 2.56 bits per heavy atom. The second-order valence-corrected chi connectivity index (χ2v) is 4.67. The quantitative estimate of drug-likeness (QED) is 0.482. The van der Waals surface area contributed by atoms with Gasteiger partial charge in [0.2, 0.25) is 0 Å². The number of allylic oxidation sites excluding steroid dienone is 1. The number of aliphatic hydroxyl groups excluding tert-OH is 3. The second kappa shape index (κ2) is 5.09. The molecule has 18 heavy (non-hydrogen) atoms. The molecular weight excluding hydrogens is 240 g/mol. The van der Waals surface area contributed by atoms with E-state index in [-0.39, 0.29) is 23.3 Å². The molecule has 0 aromatic carbocycles. The van der Waals surface area contributed by atoms with Gasteiger partial charge in [0.1, 0.15) is 17.3 Å². The lowest BCUT2D eigenvalue weighted by Gasteiger charge is -2.34. The van der Waals surface area contributed by atoms with E-state index in [2.05, 4.69) is 0 Å². The van der Waals surface area contributed by atoms with E-state index in [1.165, 1.54) is 19.9 Å². The highest BCUT2D eigenvalue weighted by Crippen LogP contribution is 2.37. The highest BCUT2D eigenvalue weighted by molar-refractivity contribution is 5.76. The van der Waals surface area contributed by atoms with Crippen molar-refractivity contribution in [2.75, 3.05) is 6.61 Å². The maximum Gasteiger partial charge on any atom is 0.313 e. The zero-order valence-corrected chi connectivity index (χ0v) is 10.3. The highest BCUT2D eigenvalue weighted by Gasteiger charge is 2.42. The molecule has 0 aliphatic heterocycles. The fourth-order valence-electron chi connectivity index (χ4n) is 1.95. The van der Waals surface area contributed by atoms with Gasteiger partial charge in [-0.25, -0.2) is 0 Å². The summed E-state index contributed by atoms with van der Waals surface area (Å²) >= 11 is 0. The molecule has 0 fully saturated rings. The van der Waals surface area contributed by atoms with Gasteiger partial charge in [-0.15, -0.1) is 0 Å². The molecule has 0 amide bonds. The summed E-state index contributed by atoms with van der Waals surface area (Å²) in [5, 5.41) is 47.1. The van der Waals surface area contributed by atoms with E-state index in [9.17, 15) is 20.1 Å². The zero-order chi connectivity index (χ0) is 14.1. The number of rotatable bonds is 4. The Bertz CT molecular complexity index is 407. The summed E-state index contributed by atoms with van der Waals surface area (Å²) in [4.78, 5) is 11.1. The molecule has 0 aromatic heterocycles. The van der Waals surface area contributed by atoms with Crippen LogP contribution >= 0.6 is 0 Å². The molecule has 3 unspecified atom stereocenters. The van der Waals surface area contributed by atoms with Gasteiger partial charge in [0, 0.05) is 12.0 Å². The summed E-state index contributed by atoms with van der Waals surface area (Å²) in [7, 11) is 0. The monoisotopic (exact) mass is 258 g/mol. The van der Waals surface area contributed by atoms with Crippen LogP contribution in [-0.4, -0.2) is 49.8 Å². The molecule has 0 aromatic rings.